The number of aryl methyl sites for hydroxylation is 1. The summed E-state index contributed by atoms with van der Waals surface area (Å²) in [6, 6.07) is 7.68. The first kappa shape index (κ1) is 10.2. The smallest absolute Gasteiger partial charge is 0.244 e. The van der Waals surface area contributed by atoms with Gasteiger partial charge in [0.2, 0.25) is 0 Å². The van der Waals surface area contributed by atoms with Crippen molar-refractivity contribution in [3.63, 3.8) is 0 Å². The normalized spacial score (nSPS) is 10.5. The van der Waals surface area contributed by atoms with Crippen molar-refractivity contribution in [1.29, 1.82) is 0 Å². The van der Waals surface area contributed by atoms with E-state index in [9.17, 15) is 4.79 Å². The highest BCUT2D eigenvalue weighted by Crippen LogP contribution is 2.13. The second kappa shape index (κ2) is 4.02. The molecule has 5 heteroatoms. The Balaban J connectivity index is 2.53. The Hall–Kier alpha value is -1.36. The van der Waals surface area contributed by atoms with Gasteiger partial charge < -0.3 is 0 Å². The third-order valence-corrected chi connectivity index (χ3v) is 2.63. The Bertz CT molecular complexity index is 512. The average molecular weight is 268 g/mol. The maximum absolute atomic E-state index is 11.1. The number of hydrogen-bond donors (Lipinski definition) is 1. The number of aromatic amines is 1. The van der Waals surface area contributed by atoms with Crippen LogP contribution in [-0.2, 0) is 6.42 Å². The predicted octanol–water partition coefficient (Wildman–Crippen LogP) is 1.89. The van der Waals surface area contributed by atoms with E-state index in [0.717, 1.165) is 22.4 Å². The van der Waals surface area contributed by atoms with E-state index in [1.165, 1.54) is 0 Å². The van der Waals surface area contributed by atoms with E-state index in [-0.39, 0.29) is 5.69 Å². The minimum atomic E-state index is -0.310. The van der Waals surface area contributed by atoms with Gasteiger partial charge in [0, 0.05) is 10.9 Å². The molecule has 0 aliphatic carbocycles. The van der Waals surface area contributed by atoms with Crippen LogP contribution < -0.4 is 5.69 Å². The zero-order valence-corrected chi connectivity index (χ0v) is 9.78. The number of nitrogens with one attached hydrogen (secondary N) is 1. The molecule has 0 aliphatic rings. The molecule has 78 valence electrons. The number of halogens is 1. The molecule has 0 saturated heterocycles. The van der Waals surface area contributed by atoms with Crippen LogP contribution in [0.15, 0.2) is 33.5 Å². The molecule has 0 saturated carbocycles. The quantitative estimate of drug-likeness (QED) is 0.904. The summed E-state index contributed by atoms with van der Waals surface area (Å²) >= 11 is 3.36. The predicted molar refractivity (Wildman–Crippen MR) is 61.3 cm³/mol. The number of aromatic nitrogens is 3. The molecule has 1 aromatic heterocycles. The van der Waals surface area contributed by atoms with Crippen molar-refractivity contribution in [2.24, 2.45) is 0 Å². The highest BCUT2D eigenvalue weighted by Gasteiger charge is 2.05. The van der Waals surface area contributed by atoms with Gasteiger partial charge in [0.1, 0.15) is 5.82 Å². The lowest BCUT2D eigenvalue weighted by Gasteiger charge is -2.04. The van der Waals surface area contributed by atoms with Crippen LogP contribution in [0.4, 0.5) is 0 Å². The van der Waals surface area contributed by atoms with Crippen LogP contribution in [0.2, 0.25) is 0 Å². The van der Waals surface area contributed by atoms with E-state index in [1.54, 1.807) is 4.68 Å². The van der Waals surface area contributed by atoms with E-state index in [2.05, 4.69) is 26.0 Å². The first-order chi connectivity index (χ1) is 7.20. The Morgan fingerprint density at radius 1 is 1.40 bits per heavy atom. The highest BCUT2D eigenvalue weighted by molar-refractivity contribution is 9.10. The molecule has 0 radical (unpaired) electrons. The van der Waals surface area contributed by atoms with Crippen LogP contribution >= 0.6 is 15.9 Å². The molecule has 0 unspecified atom stereocenters. The molecule has 15 heavy (non-hydrogen) atoms. The molecule has 0 spiro atoms. The number of nitrogens with zero attached hydrogens (tertiary/aromatic N) is 2. The fourth-order valence-corrected chi connectivity index (χ4v) is 1.66. The van der Waals surface area contributed by atoms with Crippen LogP contribution in [0.5, 0.6) is 0 Å². The summed E-state index contributed by atoms with van der Waals surface area (Å²) in [6.07, 6.45) is 0.717. The van der Waals surface area contributed by atoms with Crippen LogP contribution in [0.3, 0.4) is 0 Å². The molecular weight excluding hydrogens is 258 g/mol. The fourth-order valence-electron chi connectivity index (χ4n) is 1.39. The van der Waals surface area contributed by atoms with E-state index >= 15 is 0 Å². The van der Waals surface area contributed by atoms with Gasteiger partial charge in [0.05, 0.1) is 5.69 Å². The van der Waals surface area contributed by atoms with Gasteiger partial charge in [-0.2, -0.15) is 4.98 Å². The maximum Gasteiger partial charge on any atom is 0.361 e. The monoisotopic (exact) mass is 267 g/mol. The van der Waals surface area contributed by atoms with Gasteiger partial charge in [-0.15, -0.1) is 0 Å². The standard InChI is InChI=1S/C10H10BrN3O/c1-2-9-12-10(15)13-14(9)8-5-3-7(11)4-6-8/h3-6H,2H2,1H3,(H,13,15). The van der Waals surface area contributed by atoms with Gasteiger partial charge in [-0.3, -0.25) is 0 Å². The van der Waals surface area contributed by atoms with Crippen molar-refractivity contribution in [3.8, 4) is 5.69 Å². The van der Waals surface area contributed by atoms with Crippen molar-refractivity contribution in [2.45, 2.75) is 13.3 Å². The molecule has 0 aliphatic heterocycles. The molecule has 0 fully saturated rings. The maximum atomic E-state index is 11.1. The second-order valence-electron chi connectivity index (χ2n) is 3.11. The van der Waals surface area contributed by atoms with E-state index < -0.39 is 0 Å². The van der Waals surface area contributed by atoms with Gasteiger partial charge in [0.15, 0.2) is 0 Å². The molecule has 2 rings (SSSR count). The minimum Gasteiger partial charge on any atom is -0.244 e. The molecule has 1 aromatic carbocycles. The van der Waals surface area contributed by atoms with E-state index in [4.69, 9.17) is 0 Å². The Kier molecular flexibility index (Phi) is 2.73. The van der Waals surface area contributed by atoms with Crippen LogP contribution in [0.1, 0.15) is 12.7 Å². The summed E-state index contributed by atoms with van der Waals surface area (Å²) in [7, 11) is 0. The van der Waals surface area contributed by atoms with Crippen molar-refractivity contribution in [1.82, 2.24) is 14.8 Å². The van der Waals surface area contributed by atoms with Crippen molar-refractivity contribution in [3.05, 3.63) is 45.0 Å². The number of rotatable bonds is 2. The van der Waals surface area contributed by atoms with Crippen molar-refractivity contribution >= 4 is 15.9 Å². The summed E-state index contributed by atoms with van der Waals surface area (Å²) < 4.78 is 2.71. The van der Waals surface area contributed by atoms with Crippen molar-refractivity contribution < 1.29 is 0 Å². The third-order valence-electron chi connectivity index (χ3n) is 2.10. The number of hydrogen-bond acceptors (Lipinski definition) is 2. The first-order valence-electron chi connectivity index (χ1n) is 4.64. The fraction of sp³-hybridized carbons (Fsp3) is 0.200. The summed E-state index contributed by atoms with van der Waals surface area (Å²) in [4.78, 5) is 15.0. The molecule has 1 heterocycles. The van der Waals surface area contributed by atoms with Gasteiger partial charge in [-0.1, -0.05) is 22.9 Å². The van der Waals surface area contributed by atoms with Crippen LogP contribution in [-0.4, -0.2) is 14.8 Å². The Morgan fingerprint density at radius 2 is 2.07 bits per heavy atom. The molecule has 0 atom stereocenters. The van der Waals surface area contributed by atoms with E-state index in [1.807, 2.05) is 31.2 Å². The van der Waals surface area contributed by atoms with Gasteiger partial charge in [-0.05, 0) is 24.3 Å². The first-order valence-corrected chi connectivity index (χ1v) is 5.44. The van der Waals surface area contributed by atoms with Crippen LogP contribution in [0.25, 0.3) is 5.69 Å². The van der Waals surface area contributed by atoms with E-state index in [0.29, 0.717) is 0 Å². The molecule has 0 bridgehead atoms. The Morgan fingerprint density at radius 3 is 2.67 bits per heavy atom. The summed E-state index contributed by atoms with van der Waals surface area (Å²) in [6.45, 7) is 1.96. The molecule has 0 amide bonds. The highest BCUT2D eigenvalue weighted by atomic mass is 79.9. The molecular formula is C10H10BrN3O. The van der Waals surface area contributed by atoms with Crippen molar-refractivity contribution in [2.75, 3.05) is 0 Å². The molecule has 2 aromatic rings. The zero-order chi connectivity index (χ0) is 10.8. The minimum absolute atomic E-state index is 0.310. The van der Waals surface area contributed by atoms with Gasteiger partial charge in [0.25, 0.3) is 0 Å². The van der Waals surface area contributed by atoms with Crippen LogP contribution in [0, 0.1) is 0 Å². The third kappa shape index (κ3) is 2.02. The topological polar surface area (TPSA) is 50.7 Å². The summed E-state index contributed by atoms with van der Waals surface area (Å²) in [5.41, 5.74) is 0.597. The van der Waals surface area contributed by atoms with Gasteiger partial charge in [-0.25, -0.2) is 14.6 Å². The lowest BCUT2D eigenvalue weighted by molar-refractivity contribution is 0.797. The number of H-pyrrole nitrogens is 1. The Labute approximate surface area is 95.1 Å². The lowest BCUT2D eigenvalue weighted by atomic mass is 10.3. The second-order valence-corrected chi connectivity index (χ2v) is 4.03. The summed E-state index contributed by atoms with van der Waals surface area (Å²) in [5.74, 6) is 0.738. The number of benzene rings is 1. The molecule has 1 N–H and O–H groups in total. The zero-order valence-electron chi connectivity index (χ0n) is 8.20. The van der Waals surface area contributed by atoms with Gasteiger partial charge >= 0.3 is 5.69 Å². The summed E-state index contributed by atoms with van der Waals surface area (Å²) in [5, 5.41) is 2.67. The lowest BCUT2D eigenvalue weighted by Crippen LogP contribution is -2.05. The largest absolute Gasteiger partial charge is 0.361 e. The molecule has 4 nitrogen and oxygen atoms in total. The average Bonchev–Trinajstić information content (AvgIpc) is 2.61. The SMILES string of the molecule is CCc1nc(=O)[nH]n1-c1ccc(Br)cc1.